The highest BCUT2D eigenvalue weighted by Gasteiger charge is 2.36. The van der Waals surface area contributed by atoms with Crippen LogP contribution in [0.25, 0.3) is 0 Å². The molecule has 3 rings (SSSR count). The summed E-state index contributed by atoms with van der Waals surface area (Å²) < 4.78 is 0. The molecule has 108 valence electrons. The number of anilines is 1. The fourth-order valence-electron chi connectivity index (χ4n) is 3.11. The van der Waals surface area contributed by atoms with Gasteiger partial charge in [0.25, 0.3) is 0 Å². The van der Waals surface area contributed by atoms with Crippen molar-refractivity contribution in [3.05, 3.63) is 29.8 Å². The Morgan fingerprint density at radius 3 is 2.75 bits per heavy atom. The van der Waals surface area contributed by atoms with Gasteiger partial charge in [0.15, 0.2) is 5.17 Å². The highest BCUT2D eigenvalue weighted by atomic mass is 32.2. The average Bonchev–Trinajstić information content (AvgIpc) is 2.82. The fraction of sp³-hybridized carbons (Fsp3) is 0.588. The Hall–Kier alpha value is -0.960. The lowest BCUT2D eigenvalue weighted by atomic mass is 9.84. The third-order valence-electron chi connectivity index (χ3n) is 4.41. The minimum Gasteiger partial charge on any atom is -0.335 e. The Kier molecular flexibility index (Phi) is 4.06. The predicted molar refractivity (Wildman–Crippen MR) is 89.9 cm³/mol. The summed E-state index contributed by atoms with van der Waals surface area (Å²) in [4.78, 5) is 5.02. The standard InChI is InChI=1S/C17H24N2S/c1-13(2)14-7-6-8-15(11-14)18-16-19-17(12-20-16)9-4-3-5-10-17/h6-8,11,13H,3-5,9-10,12H2,1-2H3,(H,18,19). The van der Waals surface area contributed by atoms with Crippen molar-refractivity contribution in [1.29, 1.82) is 0 Å². The molecule has 1 aromatic rings. The normalized spacial score (nSPS) is 21.2. The molecule has 1 heterocycles. The summed E-state index contributed by atoms with van der Waals surface area (Å²) in [6.45, 7) is 4.47. The molecule has 0 radical (unpaired) electrons. The first-order valence-electron chi connectivity index (χ1n) is 7.77. The van der Waals surface area contributed by atoms with E-state index in [1.807, 2.05) is 11.8 Å². The molecular weight excluding hydrogens is 264 g/mol. The van der Waals surface area contributed by atoms with E-state index in [-0.39, 0.29) is 5.54 Å². The van der Waals surface area contributed by atoms with Gasteiger partial charge in [0.1, 0.15) is 0 Å². The Balaban J connectivity index is 1.72. The summed E-state index contributed by atoms with van der Waals surface area (Å²) in [5.41, 5.74) is 2.81. The second kappa shape index (κ2) is 5.80. The number of thioether (sulfide) groups is 1. The number of benzene rings is 1. The van der Waals surface area contributed by atoms with Crippen molar-refractivity contribution in [3.63, 3.8) is 0 Å². The van der Waals surface area contributed by atoms with Crippen molar-refractivity contribution in [2.45, 2.75) is 57.4 Å². The van der Waals surface area contributed by atoms with E-state index in [2.05, 4.69) is 43.4 Å². The molecule has 0 amide bonds. The van der Waals surface area contributed by atoms with E-state index in [1.165, 1.54) is 49.1 Å². The summed E-state index contributed by atoms with van der Waals surface area (Å²) in [5.74, 6) is 1.73. The molecule has 1 aliphatic heterocycles. The Morgan fingerprint density at radius 2 is 2.00 bits per heavy atom. The number of hydrogen-bond donors (Lipinski definition) is 1. The van der Waals surface area contributed by atoms with Gasteiger partial charge in [0.05, 0.1) is 5.54 Å². The van der Waals surface area contributed by atoms with Crippen LogP contribution in [0.15, 0.2) is 29.3 Å². The van der Waals surface area contributed by atoms with Crippen LogP contribution in [0.3, 0.4) is 0 Å². The van der Waals surface area contributed by atoms with Crippen LogP contribution in [0, 0.1) is 0 Å². The first kappa shape index (κ1) is 14.0. The van der Waals surface area contributed by atoms with E-state index < -0.39 is 0 Å². The molecule has 1 fully saturated rings. The van der Waals surface area contributed by atoms with Crippen molar-refractivity contribution in [3.8, 4) is 0 Å². The van der Waals surface area contributed by atoms with Gasteiger partial charge in [-0.05, 0) is 36.5 Å². The number of hydrogen-bond acceptors (Lipinski definition) is 3. The quantitative estimate of drug-likeness (QED) is 0.825. The summed E-state index contributed by atoms with van der Waals surface area (Å²) >= 11 is 1.90. The maximum Gasteiger partial charge on any atom is 0.161 e. The Morgan fingerprint density at radius 1 is 1.20 bits per heavy atom. The minimum absolute atomic E-state index is 0.251. The zero-order valence-electron chi connectivity index (χ0n) is 12.5. The minimum atomic E-state index is 0.251. The van der Waals surface area contributed by atoms with E-state index in [4.69, 9.17) is 4.99 Å². The monoisotopic (exact) mass is 288 g/mol. The molecule has 1 aromatic carbocycles. The third-order valence-corrected chi connectivity index (χ3v) is 5.55. The number of rotatable bonds is 2. The largest absolute Gasteiger partial charge is 0.335 e. The molecule has 1 N–H and O–H groups in total. The lowest BCUT2D eigenvalue weighted by Crippen LogP contribution is -2.29. The highest BCUT2D eigenvalue weighted by Crippen LogP contribution is 2.39. The maximum absolute atomic E-state index is 5.02. The van der Waals surface area contributed by atoms with Crippen molar-refractivity contribution < 1.29 is 0 Å². The maximum atomic E-state index is 5.02. The van der Waals surface area contributed by atoms with Gasteiger partial charge in [0, 0.05) is 11.4 Å². The van der Waals surface area contributed by atoms with Gasteiger partial charge < -0.3 is 5.32 Å². The topological polar surface area (TPSA) is 24.4 Å². The van der Waals surface area contributed by atoms with Crippen molar-refractivity contribution >= 4 is 22.6 Å². The van der Waals surface area contributed by atoms with Gasteiger partial charge in [-0.15, -0.1) is 0 Å². The molecule has 1 aliphatic carbocycles. The number of aliphatic imine (C=N–C) groups is 1. The lowest BCUT2D eigenvalue weighted by molar-refractivity contribution is 0.335. The van der Waals surface area contributed by atoms with Gasteiger partial charge >= 0.3 is 0 Å². The summed E-state index contributed by atoms with van der Waals surface area (Å²) in [6, 6.07) is 8.72. The van der Waals surface area contributed by atoms with Gasteiger partial charge in [0.2, 0.25) is 0 Å². The number of nitrogens with zero attached hydrogens (tertiary/aromatic N) is 1. The van der Waals surface area contributed by atoms with E-state index in [0.29, 0.717) is 5.92 Å². The second-order valence-electron chi connectivity index (χ2n) is 6.40. The first-order chi connectivity index (χ1) is 9.67. The molecule has 0 bridgehead atoms. The van der Waals surface area contributed by atoms with Crippen molar-refractivity contribution in [2.75, 3.05) is 11.1 Å². The smallest absolute Gasteiger partial charge is 0.161 e. The highest BCUT2D eigenvalue weighted by molar-refractivity contribution is 8.14. The molecule has 2 nitrogen and oxygen atoms in total. The number of nitrogens with one attached hydrogen (secondary N) is 1. The molecule has 0 aromatic heterocycles. The Labute approximate surface area is 126 Å². The molecule has 1 saturated carbocycles. The van der Waals surface area contributed by atoms with Crippen molar-refractivity contribution in [2.24, 2.45) is 4.99 Å². The summed E-state index contributed by atoms with van der Waals surface area (Å²) in [6.07, 6.45) is 6.63. The van der Waals surface area contributed by atoms with Crippen LogP contribution in [-0.2, 0) is 0 Å². The molecule has 20 heavy (non-hydrogen) atoms. The molecule has 0 unspecified atom stereocenters. The molecule has 3 heteroatoms. The van der Waals surface area contributed by atoms with Crippen LogP contribution in [0.2, 0.25) is 0 Å². The van der Waals surface area contributed by atoms with Crippen LogP contribution in [-0.4, -0.2) is 16.5 Å². The van der Waals surface area contributed by atoms with Crippen LogP contribution in [0.5, 0.6) is 0 Å². The van der Waals surface area contributed by atoms with E-state index in [0.717, 1.165) is 5.17 Å². The van der Waals surface area contributed by atoms with Crippen LogP contribution in [0.1, 0.15) is 57.4 Å². The van der Waals surface area contributed by atoms with E-state index in [1.54, 1.807) is 0 Å². The zero-order chi connectivity index (χ0) is 14.0. The van der Waals surface area contributed by atoms with Crippen LogP contribution < -0.4 is 5.32 Å². The molecule has 1 spiro atoms. The van der Waals surface area contributed by atoms with Gasteiger partial charge in [-0.3, -0.25) is 4.99 Å². The SMILES string of the molecule is CC(C)c1cccc(NC2=NC3(CCCCC3)CS2)c1. The van der Waals surface area contributed by atoms with E-state index in [9.17, 15) is 0 Å². The third kappa shape index (κ3) is 3.03. The second-order valence-corrected chi connectivity index (χ2v) is 7.36. The van der Waals surface area contributed by atoms with Gasteiger partial charge in [-0.25, -0.2) is 0 Å². The van der Waals surface area contributed by atoms with Gasteiger partial charge in [-0.1, -0.05) is 57.0 Å². The molecular formula is C17H24N2S. The van der Waals surface area contributed by atoms with E-state index >= 15 is 0 Å². The predicted octanol–water partition coefficient (Wildman–Crippen LogP) is 5.03. The zero-order valence-corrected chi connectivity index (χ0v) is 13.3. The lowest BCUT2D eigenvalue weighted by Gasteiger charge is -2.29. The first-order valence-corrected chi connectivity index (χ1v) is 8.75. The summed E-state index contributed by atoms with van der Waals surface area (Å²) in [7, 11) is 0. The van der Waals surface area contributed by atoms with Gasteiger partial charge in [-0.2, -0.15) is 0 Å². The average molecular weight is 288 g/mol. The fourth-order valence-corrected chi connectivity index (χ4v) is 4.32. The molecule has 2 aliphatic rings. The Bertz CT molecular complexity index is 501. The van der Waals surface area contributed by atoms with Crippen LogP contribution in [0.4, 0.5) is 5.69 Å². The molecule has 0 saturated heterocycles. The van der Waals surface area contributed by atoms with Crippen LogP contribution >= 0.6 is 11.8 Å². The number of amidine groups is 1. The summed E-state index contributed by atoms with van der Waals surface area (Å²) in [5, 5.41) is 4.64. The van der Waals surface area contributed by atoms with Crippen molar-refractivity contribution in [1.82, 2.24) is 0 Å². The molecule has 0 atom stereocenters.